The summed E-state index contributed by atoms with van der Waals surface area (Å²) in [5, 5.41) is 1.06. The second-order valence-corrected chi connectivity index (χ2v) is 8.00. The van der Waals surface area contributed by atoms with E-state index in [2.05, 4.69) is 28.8 Å². The Morgan fingerprint density at radius 1 is 1.13 bits per heavy atom. The molecular weight excluding hydrogens is 378 g/mol. The summed E-state index contributed by atoms with van der Waals surface area (Å²) >= 11 is 0. The van der Waals surface area contributed by atoms with Gasteiger partial charge in [-0.25, -0.2) is 4.79 Å². The summed E-state index contributed by atoms with van der Waals surface area (Å²) < 4.78 is 13.3. The molecule has 1 saturated carbocycles. The van der Waals surface area contributed by atoms with Crippen LogP contribution in [-0.4, -0.2) is 30.4 Å². The van der Waals surface area contributed by atoms with Gasteiger partial charge in [-0.2, -0.15) is 0 Å². The minimum atomic E-state index is -0.277. The van der Waals surface area contributed by atoms with Crippen LogP contribution < -0.4 is 15.4 Å². The molecule has 1 aliphatic carbocycles. The SMILES string of the molecule is CCOc1ccc2c(N)c(-c3ccc(N4CCCOC4=O)cc3)n(C3CCC3)c2c1. The average molecular weight is 405 g/mol. The smallest absolute Gasteiger partial charge is 0.414 e. The van der Waals surface area contributed by atoms with Crippen molar-refractivity contribution < 1.29 is 14.3 Å². The van der Waals surface area contributed by atoms with Crippen molar-refractivity contribution in [3.05, 3.63) is 42.5 Å². The van der Waals surface area contributed by atoms with Gasteiger partial charge in [0.25, 0.3) is 0 Å². The van der Waals surface area contributed by atoms with Gasteiger partial charge >= 0.3 is 6.09 Å². The number of benzene rings is 2. The third kappa shape index (κ3) is 3.07. The number of cyclic esters (lactones) is 1. The maximum atomic E-state index is 12.1. The molecule has 0 spiro atoms. The number of fused-ring (bicyclic) bond motifs is 1. The van der Waals surface area contributed by atoms with E-state index in [1.807, 2.05) is 25.1 Å². The summed E-state index contributed by atoms with van der Waals surface area (Å²) in [5.41, 5.74) is 11.6. The van der Waals surface area contributed by atoms with Gasteiger partial charge in [0.05, 0.1) is 30.1 Å². The maximum Gasteiger partial charge on any atom is 0.414 e. The molecule has 30 heavy (non-hydrogen) atoms. The minimum absolute atomic E-state index is 0.277. The highest BCUT2D eigenvalue weighted by Crippen LogP contribution is 2.45. The van der Waals surface area contributed by atoms with Crippen molar-refractivity contribution in [3.63, 3.8) is 0 Å². The summed E-state index contributed by atoms with van der Waals surface area (Å²) in [6, 6.07) is 14.7. The number of nitrogens with zero attached hydrogens (tertiary/aromatic N) is 2. The number of hydrogen-bond acceptors (Lipinski definition) is 4. The number of amides is 1. The Balaban J connectivity index is 1.59. The number of anilines is 2. The number of nitrogens with two attached hydrogens (primary N) is 1. The second-order valence-electron chi connectivity index (χ2n) is 8.00. The lowest BCUT2D eigenvalue weighted by atomic mass is 9.92. The van der Waals surface area contributed by atoms with Gasteiger partial charge in [0.15, 0.2) is 0 Å². The third-order valence-corrected chi connectivity index (χ3v) is 6.19. The first-order valence-electron chi connectivity index (χ1n) is 10.8. The van der Waals surface area contributed by atoms with Gasteiger partial charge in [-0.05, 0) is 56.9 Å². The van der Waals surface area contributed by atoms with Gasteiger partial charge in [0.2, 0.25) is 0 Å². The number of aromatic nitrogens is 1. The fraction of sp³-hybridized carbons (Fsp3) is 0.375. The molecule has 1 aliphatic heterocycles. The van der Waals surface area contributed by atoms with Crippen molar-refractivity contribution in [2.24, 2.45) is 0 Å². The van der Waals surface area contributed by atoms with E-state index in [0.717, 1.165) is 58.5 Å². The number of rotatable bonds is 5. The molecule has 2 aliphatic rings. The van der Waals surface area contributed by atoms with Crippen molar-refractivity contribution in [3.8, 4) is 17.0 Å². The Bertz CT molecular complexity index is 1080. The minimum Gasteiger partial charge on any atom is -0.494 e. The van der Waals surface area contributed by atoms with E-state index >= 15 is 0 Å². The molecule has 2 aromatic carbocycles. The molecule has 0 radical (unpaired) electrons. The number of carbonyl (C=O) groups is 1. The van der Waals surface area contributed by atoms with Crippen LogP contribution in [0.3, 0.4) is 0 Å². The zero-order valence-electron chi connectivity index (χ0n) is 17.3. The van der Waals surface area contributed by atoms with Gasteiger partial charge in [0, 0.05) is 35.3 Å². The summed E-state index contributed by atoms with van der Waals surface area (Å²) in [5.74, 6) is 0.869. The van der Waals surface area contributed by atoms with Crippen molar-refractivity contribution in [2.75, 3.05) is 30.4 Å². The molecule has 2 heterocycles. The van der Waals surface area contributed by atoms with E-state index in [9.17, 15) is 4.79 Å². The predicted molar refractivity (Wildman–Crippen MR) is 119 cm³/mol. The zero-order chi connectivity index (χ0) is 20.7. The molecule has 1 amide bonds. The Labute approximate surface area is 176 Å². The molecular formula is C24H27N3O3. The summed E-state index contributed by atoms with van der Waals surface area (Å²) in [6.45, 7) is 3.81. The number of hydrogen-bond donors (Lipinski definition) is 1. The predicted octanol–water partition coefficient (Wildman–Crippen LogP) is 5.36. The van der Waals surface area contributed by atoms with Crippen LogP contribution in [0.15, 0.2) is 42.5 Å². The van der Waals surface area contributed by atoms with Crippen LogP contribution in [0, 0.1) is 0 Å². The lowest BCUT2D eigenvalue weighted by Crippen LogP contribution is -2.37. The Hall–Kier alpha value is -3.15. The van der Waals surface area contributed by atoms with Crippen molar-refractivity contribution >= 4 is 28.4 Å². The largest absolute Gasteiger partial charge is 0.494 e. The Morgan fingerprint density at radius 3 is 2.60 bits per heavy atom. The fourth-order valence-corrected chi connectivity index (χ4v) is 4.48. The van der Waals surface area contributed by atoms with Crippen LogP contribution in [-0.2, 0) is 4.74 Å². The second kappa shape index (κ2) is 7.59. The van der Waals surface area contributed by atoms with E-state index in [-0.39, 0.29) is 6.09 Å². The lowest BCUT2D eigenvalue weighted by molar-refractivity contribution is 0.140. The third-order valence-electron chi connectivity index (χ3n) is 6.19. The molecule has 1 saturated heterocycles. The molecule has 2 fully saturated rings. The van der Waals surface area contributed by atoms with Crippen molar-refractivity contribution in [2.45, 2.75) is 38.6 Å². The highest BCUT2D eigenvalue weighted by Gasteiger charge is 2.27. The van der Waals surface area contributed by atoms with E-state index < -0.39 is 0 Å². The van der Waals surface area contributed by atoms with E-state index in [0.29, 0.717) is 25.8 Å². The topological polar surface area (TPSA) is 69.7 Å². The molecule has 0 atom stereocenters. The molecule has 3 aromatic rings. The Kier molecular flexibility index (Phi) is 4.77. The number of carbonyl (C=O) groups excluding carboxylic acids is 1. The summed E-state index contributed by atoms with van der Waals surface area (Å²) in [4.78, 5) is 13.8. The molecule has 0 unspecified atom stereocenters. The van der Waals surface area contributed by atoms with Crippen molar-refractivity contribution in [1.29, 1.82) is 0 Å². The lowest BCUT2D eigenvalue weighted by Gasteiger charge is -2.30. The van der Waals surface area contributed by atoms with Crippen LogP contribution in [0.4, 0.5) is 16.2 Å². The highest BCUT2D eigenvalue weighted by molar-refractivity contribution is 6.02. The quantitative estimate of drug-likeness (QED) is 0.620. The van der Waals surface area contributed by atoms with Gasteiger partial charge in [-0.1, -0.05) is 12.1 Å². The highest BCUT2D eigenvalue weighted by atomic mass is 16.6. The first kappa shape index (κ1) is 18.9. The molecule has 6 heteroatoms. The molecule has 6 nitrogen and oxygen atoms in total. The van der Waals surface area contributed by atoms with Gasteiger partial charge in [-0.3, -0.25) is 4.90 Å². The van der Waals surface area contributed by atoms with E-state index in [1.54, 1.807) is 4.90 Å². The van der Waals surface area contributed by atoms with Gasteiger partial charge in [-0.15, -0.1) is 0 Å². The monoisotopic (exact) mass is 405 g/mol. The normalized spacial score (nSPS) is 17.1. The van der Waals surface area contributed by atoms with E-state index in [4.69, 9.17) is 15.2 Å². The van der Waals surface area contributed by atoms with Gasteiger partial charge < -0.3 is 19.8 Å². The molecule has 0 bridgehead atoms. The number of nitrogen functional groups attached to an aromatic ring is 1. The fourth-order valence-electron chi connectivity index (χ4n) is 4.48. The van der Waals surface area contributed by atoms with Gasteiger partial charge in [0.1, 0.15) is 5.75 Å². The molecule has 5 rings (SSSR count). The summed E-state index contributed by atoms with van der Waals surface area (Å²) in [6.07, 6.45) is 4.13. The van der Waals surface area contributed by atoms with Crippen LogP contribution in [0.2, 0.25) is 0 Å². The van der Waals surface area contributed by atoms with Crippen LogP contribution in [0.1, 0.15) is 38.6 Å². The molecule has 1 aromatic heterocycles. The molecule has 156 valence electrons. The van der Waals surface area contributed by atoms with Crippen molar-refractivity contribution in [1.82, 2.24) is 4.57 Å². The van der Waals surface area contributed by atoms with Crippen LogP contribution in [0.5, 0.6) is 5.75 Å². The molecule has 2 N–H and O–H groups in total. The zero-order valence-corrected chi connectivity index (χ0v) is 17.3. The Morgan fingerprint density at radius 2 is 1.93 bits per heavy atom. The summed E-state index contributed by atoms with van der Waals surface area (Å²) in [7, 11) is 0. The van der Waals surface area contributed by atoms with E-state index in [1.165, 1.54) is 6.42 Å². The van der Waals surface area contributed by atoms with Crippen LogP contribution >= 0.6 is 0 Å². The first-order valence-corrected chi connectivity index (χ1v) is 10.8. The first-order chi connectivity index (χ1) is 14.7. The van der Waals surface area contributed by atoms with Crippen LogP contribution in [0.25, 0.3) is 22.2 Å². The standard InChI is InChI=1S/C24H27N3O3/c1-2-29-19-11-12-20-21(15-19)27(18-5-3-6-18)23(22(20)25)16-7-9-17(10-8-16)26-13-4-14-30-24(26)28/h7-12,15,18H,2-6,13-14,25H2,1H3. The maximum absolute atomic E-state index is 12.1. The average Bonchev–Trinajstić information content (AvgIpc) is 2.99. The number of ether oxygens (including phenoxy) is 2.